The van der Waals surface area contributed by atoms with Crippen LogP contribution in [-0.2, 0) is 17.6 Å². The van der Waals surface area contributed by atoms with Crippen LogP contribution in [0.3, 0.4) is 0 Å². The van der Waals surface area contributed by atoms with Crippen LogP contribution in [0.25, 0.3) is 11.4 Å². The lowest BCUT2D eigenvalue weighted by molar-refractivity contribution is -0.137. The molecule has 0 radical (unpaired) electrons. The van der Waals surface area contributed by atoms with Gasteiger partial charge in [-0.25, -0.2) is 0 Å². The van der Waals surface area contributed by atoms with Gasteiger partial charge in [0.25, 0.3) is 0 Å². The quantitative estimate of drug-likeness (QED) is 0.782. The molecule has 2 aliphatic rings. The Morgan fingerprint density at radius 1 is 1.14 bits per heavy atom. The van der Waals surface area contributed by atoms with E-state index < -0.39 is 5.97 Å². The average molecular weight is 406 g/mol. The van der Waals surface area contributed by atoms with Crippen molar-refractivity contribution in [3.8, 4) is 11.4 Å². The number of fused-ring (bicyclic) bond motifs is 1. The molecule has 152 valence electrons. The second-order valence-corrected chi connectivity index (χ2v) is 7.84. The predicted octanol–water partition coefficient (Wildman–Crippen LogP) is 3.99. The molecule has 1 aliphatic heterocycles. The molecule has 1 aromatic heterocycles. The minimum Gasteiger partial charge on any atom is -0.481 e. The van der Waals surface area contributed by atoms with E-state index in [9.17, 15) is 4.79 Å². The highest BCUT2D eigenvalue weighted by Gasteiger charge is 2.27. The van der Waals surface area contributed by atoms with Crippen molar-refractivity contribution >= 4 is 18.4 Å². The zero-order chi connectivity index (χ0) is 18.6. The van der Waals surface area contributed by atoms with Gasteiger partial charge in [-0.3, -0.25) is 4.79 Å². The summed E-state index contributed by atoms with van der Waals surface area (Å²) in [5, 5.41) is 16.5. The third kappa shape index (κ3) is 4.92. The van der Waals surface area contributed by atoms with E-state index in [2.05, 4.69) is 33.7 Å². The van der Waals surface area contributed by atoms with E-state index in [0.717, 1.165) is 69.5 Å². The number of rotatable bonds is 5. The van der Waals surface area contributed by atoms with E-state index in [1.807, 2.05) is 0 Å². The molecule has 2 N–H and O–H groups in total. The Labute approximate surface area is 171 Å². The summed E-state index contributed by atoms with van der Waals surface area (Å²) in [6.45, 7) is 2.05. The Hall–Kier alpha value is -1.92. The predicted molar refractivity (Wildman–Crippen MR) is 109 cm³/mol. The van der Waals surface area contributed by atoms with Gasteiger partial charge in [0.1, 0.15) is 0 Å². The van der Waals surface area contributed by atoms with Gasteiger partial charge in [-0.2, -0.15) is 4.98 Å². The Bertz CT molecular complexity index is 800. The number of nitrogens with one attached hydrogen (secondary N) is 1. The smallest absolute Gasteiger partial charge is 0.303 e. The Kier molecular flexibility index (Phi) is 7.08. The van der Waals surface area contributed by atoms with Gasteiger partial charge in [-0.05, 0) is 81.1 Å². The Balaban J connectivity index is 0.00000225. The van der Waals surface area contributed by atoms with Crippen molar-refractivity contribution in [3.63, 3.8) is 0 Å². The molecule has 0 spiro atoms. The lowest BCUT2D eigenvalue weighted by Gasteiger charge is -2.25. The van der Waals surface area contributed by atoms with Crippen LogP contribution in [-0.4, -0.2) is 34.3 Å². The summed E-state index contributed by atoms with van der Waals surface area (Å²) in [5.74, 6) is 1.53. The van der Waals surface area contributed by atoms with Gasteiger partial charge in [0.15, 0.2) is 0 Å². The molecule has 0 atom stereocenters. The van der Waals surface area contributed by atoms with Crippen molar-refractivity contribution in [2.24, 2.45) is 5.92 Å². The number of carboxylic acids is 1. The van der Waals surface area contributed by atoms with Crippen LogP contribution in [0.15, 0.2) is 22.7 Å². The highest BCUT2D eigenvalue weighted by molar-refractivity contribution is 5.85. The molecule has 2 heterocycles. The van der Waals surface area contributed by atoms with Gasteiger partial charge in [-0.15, -0.1) is 12.4 Å². The number of nitrogens with zero attached hydrogens (tertiary/aromatic N) is 2. The molecule has 6 nitrogen and oxygen atoms in total. The number of carboxylic acid groups (broad SMARTS) is 1. The van der Waals surface area contributed by atoms with Gasteiger partial charge in [-0.1, -0.05) is 17.3 Å². The minimum atomic E-state index is -0.699. The van der Waals surface area contributed by atoms with Crippen LogP contribution in [0.2, 0.25) is 0 Å². The first-order chi connectivity index (χ1) is 13.2. The third-order valence-corrected chi connectivity index (χ3v) is 6.01. The molecule has 7 heteroatoms. The fraction of sp³-hybridized carbons (Fsp3) is 0.571. The summed E-state index contributed by atoms with van der Waals surface area (Å²) in [7, 11) is 0. The van der Waals surface area contributed by atoms with E-state index in [1.165, 1.54) is 11.1 Å². The monoisotopic (exact) mass is 405 g/mol. The highest BCUT2D eigenvalue weighted by atomic mass is 35.5. The molecule has 1 aliphatic carbocycles. The number of carbonyl (C=O) groups is 1. The summed E-state index contributed by atoms with van der Waals surface area (Å²) < 4.78 is 5.59. The number of aliphatic carboxylic acids is 1. The van der Waals surface area contributed by atoms with E-state index in [1.54, 1.807) is 0 Å². The van der Waals surface area contributed by atoms with E-state index in [4.69, 9.17) is 9.63 Å². The third-order valence-electron chi connectivity index (χ3n) is 6.01. The maximum absolute atomic E-state index is 10.7. The SMILES string of the molecule is Cl.O=C(O)CCC1CCC(c2nc(-c3ccc4c(c3)CCNCC4)no2)CC1. The molecular weight excluding hydrogens is 378 g/mol. The van der Waals surface area contributed by atoms with Crippen molar-refractivity contribution in [1.82, 2.24) is 15.5 Å². The summed E-state index contributed by atoms with van der Waals surface area (Å²) in [6, 6.07) is 6.50. The maximum atomic E-state index is 10.7. The average Bonchev–Trinajstić information content (AvgIpc) is 3.06. The van der Waals surface area contributed by atoms with Crippen molar-refractivity contribution < 1.29 is 14.4 Å². The number of halogens is 1. The Morgan fingerprint density at radius 3 is 2.64 bits per heavy atom. The summed E-state index contributed by atoms with van der Waals surface area (Å²) in [4.78, 5) is 15.4. The second-order valence-electron chi connectivity index (χ2n) is 7.84. The van der Waals surface area contributed by atoms with E-state index >= 15 is 0 Å². The fourth-order valence-corrected chi connectivity index (χ4v) is 4.36. The molecule has 0 bridgehead atoms. The van der Waals surface area contributed by atoms with Crippen LogP contribution in [0.4, 0.5) is 0 Å². The molecule has 1 aromatic carbocycles. The molecule has 1 fully saturated rings. The summed E-state index contributed by atoms with van der Waals surface area (Å²) in [5.41, 5.74) is 3.82. The van der Waals surface area contributed by atoms with Crippen molar-refractivity contribution in [2.45, 2.75) is 57.3 Å². The zero-order valence-corrected chi connectivity index (χ0v) is 16.8. The number of hydrogen-bond acceptors (Lipinski definition) is 5. The second kappa shape index (κ2) is 9.52. The van der Waals surface area contributed by atoms with Crippen molar-refractivity contribution in [3.05, 3.63) is 35.2 Å². The lowest BCUT2D eigenvalue weighted by atomic mass is 9.80. The van der Waals surface area contributed by atoms with Gasteiger partial charge < -0.3 is 14.9 Å². The molecule has 28 heavy (non-hydrogen) atoms. The fourth-order valence-electron chi connectivity index (χ4n) is 4.36. The largest absolute Gasteiger partial charge is 0.481 e. The normalized spacial score (nSPS) is 22.0. The summed E-state index contributed by atoms with van der Waals surface area (Å²) >= 11 is 0. The zero-order valence-electron chi connectivity index (χ0n) is 16.0. The maximum Gasteiger partial charge on any atom is 0.303 e. The summed E-state index contributed by atoms with van der Waals surface area (Å²) in [6.07, 6.45) is 7.24. The van der Waals surface area contributed by atoms with Crippen LogP contribution >= 0.6 is 12.4 Å². The van der Waals surface area contributed by atoms with Gasteiger partial charge in [0.05, 0.1) is 0 Å². The van der Waals surface area contributed by atoms with Gasteiger partial charge in [0, 0.05) is 17.9 Å². The van der Waals surface area contributed by atoms with Gasteiger partial charge in [0.2, 0.25) is 11.7 Å². The lowest BCUT2D eigenvalue weighted by Crippen LogP contribution is -2.16. The number of benzene rings is 1. The molecule has 0 saturated heterocycles. The molecule has 1 saturated carbocycles. The first-order valence-corrected chi connectivity index (χ1v) is 10.1. The highest BCUT2D eigenvalue weighted by Crippen LogP contribution is 2.37. The van der Waals surface area contributed by atoms with Crippen molar-refractivity contribution in [2.75, 3.05) is 13.1 Å². The molecule has 0 unspecified atom stereocenters. The molecular formula is C21H28ClN3O3. The van der Waals surface area contributed by atoms with Gasteiger partial charge >= 0.3 is 5.97 Å². The van der Waals surface area contributed by atoms with Crippen molar-refractivity contribution in [1.29, 1.82) is 0 Å². The standard InChI is InChI=1S/C21H27N3O3.ClH/c25-19(26)8-3-14-1-4-16(5-2-14)21-23-20(24-27-21)18-7-6-15-9-11-22-12-10-17(15)13-18;/h6-7,13-14,16,22H,1-5,8-12H2,(H,25,26);1H. The molecule has 0 amide bonds. The topological polar surface area (TPSA) is 88.2 Å². The minimum absolute atomic E-state index is 0. The first kappa shape index (κ1) is 20.8. The van der Waals surface area contributed by atoms with Crippen LogP contribution in [0.1, 0.15) is 61.5 Å². The first-order valence-electron chi connectivity index (χ1n) is 10.1. The van der Waals surface area contributed by atoms with Crippen LogP contribution in [0.5, 0.6) is 0 Å². The number of aromatic nitrogens is 2. The molecule has 4 rings (SSSR count). The van der Waals surface area contributed by atoms with E-state index in [-0.39, 0.29) is 18.8 Å². The number of hydrogen-bond donors (Lipinski definition) is 2. The molecule has 2 aromatic rings. The van der Waals surface area contributed by atoms with Crippen LogP contribution in [0, 0.1) is 5.92 Å². The Morgan fingerprint density at radius 2 is 1.89 bits per heavy atom. The van der Waals surface area contributed by atoms with E-state index in [0.29, 0.717) is 17.7 Å². The van der Waals surface area contributed by atoms with Crippen LogP contribution < -0.4 is 5.32 Å².